The van der Waals surface area contributed by atoms with Gasteiger partial charge in [0.25, 0.3) is 0 Å². The average molecular weight is 299 g/mol. The number of methoxy groups -OCH3 is 1. The van der Waals surface area contributed by atoms with Crippen LogP contribution in [0.15, 0.2) is 53.4 Å². The summed E-state index contributed by atoms with van der Waals surface area (Å²) in [4.78, 5) is 1.18. The summed E-state index contributed by atoms with van der Waals surface area (Å²) in [6.45, 7) is 0. The van der Waals surface area contributed by atoms with E-state index in [0.717, 1.165) is 18.6 Å². The third-order valence-corrected chi connectivity index (χ3v) is 5.52. The number of para-hydroxylation sites is 1. The monoisotopic (exact) mass is 299 g/mol. The van der Waals surface area contributed by atoms with Crippen molar-refractivity contribution in [3.8, 4) is 5.75 Å². The molecule has 2 aromatic carbocycles. The number of hydrogen-bond donors (Lipinski definition) is 1. The van der Waals surface area contributed by atoms with Crippen molar-refractivity contribution in [1.82, 2.24) is 0 Å². The number of fused-ring (bicyclic) bond motifs is 1. The first-order valence-electron chi connectivity index (χ1n) is 7.42. The molecule has 2 unspecified atom stereocenters. The van der Waals surface area contributed by atoms with E-state index < -0.39 is 0 Å². The number of benzene rings is 2. The lowest BCUT2D eigenvalue weighted by molar-refractivity contribution is 0.404. The molecule has 0 fully saturated rings. The van der Waals surface area contributed by atoms with Crippen LogP contribution in [0.25, 0.3) is 0 Å². The summed E-state index contributed by atoms with van der Waals surface area (Å²) >= 11 is 1.85. The van der Waals surface area contributed by atoms with Crippen molar-refractivity contribution >= 4 is 11.8 Å². The Labute approximate surface area is 130 Å². The first-order chi connectivity index (χ1) is 10.3. The van der Waals surface area contributed by atoms with E-state index in [2.05, 4.69) is 36.4 Å². The highest BCUT2D eigenvalue weighted by atomic mass is 32.2. The highest BCUT2D eigenvalue weighted by molar-refractivity contribution is 8.00. The van der Waals surface area contributed by atoms with E-state index in [-0.39, 0.29) is 6.04 Å². The molecule has 2 atom stereocenters. The Morgan fingerprint density at radius 2 is 1.86 bits per heavy atom. The van der Waals surface area contributed by atoms with Crippen LogP contribution < -0.4 is 10.5 Å². The van der Waals surface area contributed by atoms with Crippen LogP contribution >= 0.6 is 11.8 Å². The van der Waals surface area contributed by atoms with E-state index in [9.17, 15) is 0 Å². The molecule has 2 N–H and O–H groups in total. The third-order valence-electron chi connectivity index (χ3n) is 4.10. The SMILES string of the molecule is COc1ccccc1SC1CCCc2ccccc2C1N. The number of thioether (sulfide) groups is 1. The second-order valence-corrected chi connectivity index (χ2v) is 6.71. The average Bonchev–Trinajstić information content (AvgIpc) is 2.68. The molecule has 0 radical (unpaired) electrons. The summed E-state index contributed by atoms with van der Waals surface area (Å²) in [5.41, 5.74) is 9.29. The normalized spacial score (nSPS) is 21.4. The summed E-state index contributed by atoms with van der Waals surface area (Å²) in [5, 5.41) is 0.393. The number of nitrogens with two attached hydrogens (primary N) is 1. The first-order valence-corrected chi connectivity index (χ1v) is 8.30. The fourth-order valence-electron chi connectivity index (χ4n) is 2.97. The topological polar surface area (TPSA) is 35.2 Å². The standard InChI is InChI=1S/C18H21NOS/c1-20-15-10-4-5-11-16(15)21-17-12-6-8-13-7-2-3-9-14(13)18(17)19/h2-5,7,9-11,17-18H,6,8,12,19H2,1H3. The smallest absolute Gasteiger partial charge is 0.132 e. The molecule has 0 spiro atoms. The van der Waals surface area contributed by atoms with Crippen molar-refractivity contribution < 1.29 is 4.74 Å². The van der Waals surface area contributed by atoms with Crippen LogP contribution in [0.5, 0.6) is 5.75 Å². The molecule has 110 valence electrons. The van der Waals surface area contributed by atoms with Crippen LogP contribution in [0.4, 0.5) is 0 Å². The quantitative estimate of drug-likeness (QED) is 0.863. The molecule has 0 saturated carbocycles. The third kappa shape index (κ3) is 3.09. The number of hydrogen-bond acceptors (Lipinski definition) is 3. The molecule has 3 rings (SSSR count). The zero-order valence-corrected chi connectivity index (χ0v) is 13.1. The Bertz CT molecular complexity index is 614. The van der Waals surface area contributed by atoms with Crippen molar-refractivity contribution in [2.75, 3.05) is 7.11 Å². The molecule has 0 heterocycles. The molecule has 21 heavy (non-hydrogen) atoms. The van der Waals surface area contributed by atoms with Crippen molar-refractivity contribution in [2.24, 2.45) is 5.73 Å². The van der Waals surface area contributed by atoms with Gasteiger partial charge in [-0.1, -0.05) is 36.4 Å². The lowest BCUT2D eigenvalue weighted by atomic mass is 10.00. The van der Waals surface area contributed by atoms with Gasteiger partial charge < -0.3 is 10.5 Å². The predicted molar refractivity (Wildman–Crippen MR) is 88.9 cm³/mol. The van der Waals surface area contributed by atoms with E-state index in [1.807, 2.05) is 23.9 Å². The second-order valence-electron chi connectivity index (χ2n) is 5.42. The van der Waals surface area contributed by atoms with Crippen molar-refractivity contribution in [3.63, 3.8) is 0 Å². The first kappa shape index (κ1) is 14.5. The fourth-order valence-corrected chi connectivity index (χ4v) is 4.30. The van der Waals surface area contributed by atoms with E-state index >= 15 is 0 Å². The lowest BCUT2D eigenvalue weighted by Gasteiger charge is -2.23. The van der Waals surface area contributed by atoms with Gasteiger partial charge in [-0.3, -0.25) is 0 Å². The molecule has 0 aromatic heterocycles. The highest BCUT2D eigenvalue weighted by Gasteiger charge is 2.26. The number of ether oxygens (including phenoxy) is 1. The van der Waals surface area contributed by atoms with Crippen LogP contribution in [-0.2, 0) is 6.42 Å². The molecular weight excluding hydrogens is 278 g/mol. The Morgan fingerprint density at radius 1 is 1.10 bits per heavy atom. The second kappa shape index (κ2) is 6.54. The van der Waals surface area contributed by atoms with Crippen LogP contribution in [0.3, 0.4) is 0 Å². The van der Waals surface area contributed by atoms with Gasteiger partial charge in [-0.25, -0.2) is 0 Å². The Morgan fingerprint density at radius 3 is 2.71 bits per heavy atom. The van der Waals surface area contributed by atoms with Gasteiger partial charge >= 0.3 is 0 Å². The van der Waals surface area contributed by atoms with Crippen LogP contribution in [0.2, 0.25) is 0 Å². The minimum absolute atomic E-state index is 0.0820. The summed E-state index contributed by atoms with van der Waals surface area (Å²) < 4.78 is 5.46. The van der Waals surface area contributed by atoms with Crippen molar-refractivity contribution in [2.45, 2.75) is 35.4 Å². The molecule has 1 aliphatic rings. The van der Waals surface area contributed by atoms with Crippen LogP contribution in [0.1, 0.15) is 30.0 Å². The largest absolute Gasteiger partial charge is 0.496 e. The molecule has 1 aliphatic carbocycles. The molecule has 2 aromatic rings. The highest BCUT2D eigenvalue weighted by Crippen LogP contribution is 2.40. The molecule has 0 amide bonds. The van der Waals surface area contributed by atoms with Crippen LogP contribution in [0, 0.1) is 0 Å². The van der Waals surface area contributed by atoms with Gasteiger partial charge in [0.05, 0.1) is 7.11 Å². The maximum atomic E-state index is 6.57. The summed E-state index contributed by atoms with van der Waals surface area (Å²) in [7, 11) is 1.72. The molecule has 0 saturated heterocycles. The van der Waals surface area contributed by atoms with Gasteiger partial charge in [-0.2, -0.15) is 0 Å². The van der Waals surface area contributed by atoms with Gasteiger partial charge in [0, 0.05) is 16.2 Å². The minimum atomic E-state index is 0.0820. The Hall–Kier alpha value is -1.45. The molecule has 3 heteroatoms. The lowest BCUT2D eigenvalue weighted by Crippen LogP contribution is -2.23. The molecule has 0 bridgehead atoms. The molecular formula is C18H21NOS. The zero-order chi connectivity index (χ0) is 14.7. The van der Waals surface area contributed by atoms with Crippen molar-refractivity contribution in [1.29, 1.82) is 0 Å². The molecule has 0 aliphatic heterocycles. The maximum Gasteiger partial charge on any atom is 0.132 e. The van der Waals surface area contributed by atoms with E-state index in [1.54, 1.807) is 7.11 Å². The number of aryl methyl sites for hydroxylation is 1. The number of rotatable bonds is 3. The van der Waals surface area contributed by atoms with Gasteiger partial charge in [0.1, 0.15) is 5.75 Å². The summed E-state index contributed by atoms with van der Waals surface area (Å²) in [6, 6.07) is 16.9. The Balaban J connectivity index is 1.86. The van der Waals surface area contributed by atoms with E-state index in [0.29, 0.717) is 5.25 Å². The minimum Gasteiger partial charge on any atom is -0.496 e. The zero-order valence-electron chi connectivity index (χ0n) is 12.3. The van der Waals surface area contributed by atoms with Gasteiger partial charge in [-0.15, -0.1) is 11.8 Å². The Kier molecular flexibility index (Phi) is 4.51. The molecule has 2 nitrogen and oxygen atoms in total. The predicted octanol–water partition coefficient (Wildman–Crippen LogP) is 4.19. The summed E-state index contributed by atoms with van der Waals surface area (Å²) in [6.07, 6.45) is 3.46. The van der Waals surface area contributed by atoms with Gasteiger partial charge in [-0.05, 0) is 42.5 Å². The summed E-state index contributed by atoms with van der Waals surface area (Å²) in [5.74, 6) is 0.937. The van der Waals surface area contributed by atoms with Gasteiger partial charge in [0.2, 0.25) is 0 Å². The van der Waals surface area contributed by atoms with E-state index in [4.69, 9.17) is 10.5 Å². The van der Waals surface area contributed by atoms with Gasteiger partial charge in [0.15, 0.2) is 0 Å². The fraction of sp³-hybridized carbons (Fsp3) is 0.333. The van der Waals surface area contributed by atoms with E-state index in [1.165, 1.54) is 22.4 Å². The van der Waals surface area contributed by atoms with Crippen molar-refractivity contribution in [3.05, 3.63) is 59.7 Å². The maximum absolute atomic E-state index is 6.57. The van der Waals surface area contributed by atoms with Crippen LogP contribution in [-0.4, -0.2) is 12.4 Å².